The molecule has 3 heterocycles. The summed E-state index contributed by atoms with van der Waals surface area (Å²) < 4.78 is 15.7. The van der Waals surface area contributed by atoms with Gasteiger partial charge >= 0.3 is 0 Å². The molecule has 0 bridgehead atoms. The molecule has 53 heavy (non-hydrogen) atoms. The van der Waals surface area contributed by atoms with Gasteiger partial charge in [0, 0.05) is 50.6 Å². The minimum Gasteiger partial charge on any atom is -0.461 e. The average Bonchev–Trinajstić information content (AvgIpc) is 3.89. The molecule has 254 valence electrons. The minimum atomic E-state index is 0.163. The van der Waals surface area contributed by atoms with Crippen LogP contribution < -0.4 is 9.64 Å². The standard InChI is InChI=1S/C49H36N2O2/c1-31-36(28-29-45-46(31)39-20-10-13-23-44(39)52-45)40-30-41-37-18-9-12-22-43(37)53-49(41)48-47(40)38-19-8-11-21-42(38)51(48)35-26-24-34(25-27-35)50(32-14-4-2-5-15-32)33-16-6-3-7-17-33/h2-29,31,40,46H,30H2,1H3. The molecule has 0 fully saturated rings. The summed E-state index contributed by atoms with van der Waals surface area (Å²) in [7, 11) is 0. The Morgan fingerprint density at radius 2 is 1.26 bits per heavy atom. The molecule has 3 unspecified atom stereocenters. The molecule has 0 saturated heterocycles. The molecule has 0 radical (unpaired) electrons. The van der Waals surface area contributed by atoms with Gasteiger partial charge in [0.25, 0.3) is 0 Å². The van der Waals surface area contributed by atoms with E-state index in [2.05, 4.69) is 186 Å². The highest BCUT2D eigenvalue weighted by molar-refractivity contribution is 5.99. The van der Waals surface area contributed by atoms with Gasteiger partial charge < -0.3 is 18.6 Å². The summed E-state index contributed by atoms with van der Waals surface area (Å²) in [6.45, 7) is 2.39. The fourth-order valence-corrected chi connectivity index (χ4v) is 9.33. The van der Waals surface area contributed by atoms with Crippen LogP contribution in [0, 0.1) is 5.92 Å². The third-order valence-corrected chi connectivity index (χ3v) is 11.6. The van der Waals surface area contributed by atoms with Crippen molar-refractivity contribution in [2.45, 2.75) is 25.2 Å². The predicted molar refractivity (Wildman–Crippen MR) is 215 cm³/mol. The van der Waals surface area contributed by atoms with Crippen LogP contribution in [0.15, 0.2) is 186 Å². The zero-order chi connectivity index (χ0) is 35.0. The number of hydrogen-bond donors (Lipinski definition) is 0. The Morgan fingerprint density at radius 1 is 0.623 bits per heavy atom. The van der Waals surface area contributed by atoms with Crippen LogP contribution in [0.1, 0.15) is 35.4 Å². The fourth-order valence-electron chi connectivity index (χ4n) is 9.33. The summed E-state index contributed by atoms with van der Waals surface area (Å²) in [6.07, 6.45) is 5.46. The number of furan rings is 1. The quantitative estimate of drug-likeness (QED) is 0.181. The number of hydrogen-bond acceptors (Lipinski definition) is 3. The number of nitrogens with zero attached hydrogens (tertiary/aromatic N) is 2. The Hall–Kier alpha value is -6.52. The molecule has 4 heteroatoms. The highest BCUT2D eigenvalue weighted by Crippen LogP contribution is 2.57. The monoisotopic (exact) mass is 684 g/mol. The Bertz CT molecular complexity index is 2710. The van der Waals surface area contributed by atoms with Crippen molar-refractivity contribution in [2.24, 2.45) is 5.92 Å². The SMILES string of the molecule is CC1C(C2Cc3c(oc4ccccc34)-c3c2c2ccccc2n3-c2ccc(N(c3ccccc3)c3ccccc3)cc2)=CC=C2Oc3ccccc3C21. The molecule has 4 nitrogen and oxygen atoms in total. The molecule has 1 aliphatic heterocycles. The van der Waals surface area contributed by atoms with E-state index in [1.807, 2.05) is 0 Å². The number of anilines is 3. The van der Waals surface area contributed by atoms with E-state index in [9.17, 15) is 0 Å². The molecular formula is C49H36N2O2. The molecule has 2 aliphatic carbocycles. The molecule has 3 aliphatic rings. The molecule has 0 amide bonds. The van der Waals surface area contributed by atoms with Gasteiger partial charge in [-0.25, -0.2) is 0 Å². The zero-order valence-corrected chi connectivity index (χ0v) is 29.3. The summed E-state index contributed by atoms with van der Waals surface area (Å²) >= 11 is 0. The van der Waals surface area contributed by atoms with Crippen molar-refractivity contribution in [3.63, 3.8) is 0 Å². The zero-order valence-electron chi connectivity index (χ0n) is 29.3. The number of benzene rings is 6. The van der Waals surface area contributed by atoms with Crippen LogP contribution in [0.25, 0.3) is 39.0 Å². The van der Waals surface area contributed by atoms with Gasteiger partial charge in [0.1, 0.15) is 17.1 Å². The van der Waals surface area contributed by atoms with Crippen molar-refractivity contribution < 1.29 is 9.15 Å². The summed E-state index contributed by atoms with van der Waals surface area (Å²) in [5, 5.41) is 2.46. The van der Waals surface area contributed by atoms with Crippen LogP contribution in [0.2, 0.25) is 0 Å². The van der Waals surface area contributed by atoms with Crippen LogP contribution in [-0.4, -0.2) is 4.57 Å². The van der Waals surface area contributed by atoms with Crippen LogP contribution in [0.5, 0.6) is 5.75 Å². The van der Waals surface area contributed by atoms with E-state index in [1.165, 1.54) is 38.6 Å². The lowest BCUT2D eigenvalue weighted by Gasteiger charge is -2.34. The van der Waals surface area contributed by atoms with E-state index < -0.39 is 0 Å². The van der Waals surface area contributed by atoms with Crippen LogP contribution in [-0.2, 0) is 6.42 Å². The first-order valence-electron chi connectivity index (χ1n) is 18.6. The van der Waals surface area contributed by atoms with Crippen molar-refractivity contribution >= 4 is 38.9 Å². The predicted octanol–water partition coefficient (Wildman–Crippen LogP) is 12.8. The van der Waals surface area contributed by atoms with Crippen molar-refractivity contribution in [1.29, 1.82) is 0 Å². The van der Waals surface area contributed by atoms with Crippen molar-refractivity contribution in [3.8, 4) is 22.9 Å². The molecule has 6 aromatic carbocycles. The molecular weight excluding hydrogens is 649 g/mol. The molecule has 2 aromatic heterocycles. The first-order valence-corrected chi connectivity index (χ1v) is 18.6. The van der Waals surface area contributed by atoms with Gasteiger partial charge in [-0.1, -0.05) is 110 Å². The molecule has 11 rings (SSSR count). The maximum Gasteiger partial charge on any atom is 0.155 e. The van der Waals surface area contributed by atoms with Gasteiger partial charge in [-0.3, -0.25) is 0 Å². The van der Waals surface area contributed by atoms with Gasteiger partial charge in [0.15, 0.2) is 5.76 Å². The normalized spacial score (nSPS) is 18.4. The van der Waals surface area contributed by atoms with E-state index in [0.29, 0.717) is 0 Å². The number of allylic oxidation sites excluding steroid dienone is 4. The lowest BCUT2D eigenvalue weighted by molar-refractivity contribution is 0.391. The van der Waals surface area contributed by atoms with Gasteiger partial charge in [-0.05, 0) is 90.7 Å². The second kappa shape index (κ2) is 11.8. The summed E-state index contributed by atoms with van der Waals surface area (Å²) in [6, 6.07) is 56.1. The minimum absolute atomic E-state index is 0.163. The van der Waals surface area contributed by atoms with E-state index in [0.717, 1.165) is 57.7 Å². The van der Waals surface area contributed by atoms with Crippen molar-refractivity contribution in [3.05, 3.63) is 198 Å². The Labute approximate surface area is 308 Å². The number of fused-ring (bicyclic) bond motifs is 10. The van der Waals surface area contributed by atoms with Crippen LogP contribution in [0.3, 0.4) is 0 Å². The van der Waals surface area contributed by atoms with E-state index in [4.69, 9.17) is 9.15 Å². The highest BCUT2D eigenvalue weighted by atomic mass is 16.5. The second-order valence-electron chi connectivity index (χ2n) is 14.4. The smallest absolute Gasteiger partial charge is 0.155 e. The summed E-state index contributed by atoms with van der Waals surface area (Å²) in [4.78, 5) is 2.31. The number of rotatable bonds is 5. The van der Waals surface area contributed by atoms with Crippen LogP contribution >= 0.6 is 0 Å². The van der Waals surface area contributed by atoms with Crippen LogP contribution in [0.4, 0.5) is 17.1 Å². The third kappa shape index (κ3) is 4.55. The lowest BCUT2D eigenvalue weighted by Crippen LogP contribution is -2.23. The first kappa shape index (κ1) is 30.1. The fraction of sp³-hybridized carbons (Fsp3) is 0.102. The second-order valence-corrected chi connectivity index (χ2v) is 14.4. The third-order valence-electron chi connectivity index (χ3n) is 11.6. The van der Waals surface area contributed by atoms with E-state index >= 15 is 0 Å². The Balaban J connectivity index is 1.11. The molecule has 0 spiro atoms. The lowest BCUT2D eigenvalue weighted by atomic mass is 9.69. The maximum atomic E-state index is 6.88. The van der Waals surface area contributed by atoms with E-state index in [1.54, 1.807) is 0 Å². The molecule has 0 N–H and O–H groups in total. The summed E-state index contributed by atoms with van der Waals surface area (Å²) in [5.41, 5.74) is 13.0. The Morgan fingerprint density at radius 3 is 2.04 bits per heavy atom. The number of aromatic nitrogens is 1. The molecule has 0 saturated carbocycles. The first-order chi connectivity index (χ1) is 26.2. The largest absolute Gasteiger partial charge is 0.461 e. The summed E-state index contributed by atoms with van der Waals surface area (Å²) in [5.74, 6) is 3.64. The van der Waals surface area contributed by atoms with Crippen molar-refractivity contribution in [1.82, 2.24) is 4.57 Å². The number of ether oxygens (including phenoxy) is 1. The average molecular weight is 685 g/mol. The maximum absolute atomic E-state index is 6.88. The van der Waals surface area contributed by atoms with Gasteiger partial charge in [-0.15, -0.1) is 0 Å². The molecule has 8 aromatic rings. The van der Waals surface area contributed by atoms with Gasteiger partial charge in [0.2, 0.25) is 0 Å². The Kier molecular flexibility index (Phi) is 6.69. The molecule has 3 atom stereocenters. The highest BCUT2D eigenvalue weighted by Gasteiger charge is 2.43. The number of para-hydroxylation sites is 5. The van der Waals surface area contributed by atoms with Crippen molar-refractivity contribution in [2.75, 3.05) is 4.90 Å². The van der Waals surface area contributed by atoms with Gasteiger partial charge in [0.05, 0.1) is 17.1 Å². The van der Waals surface area contributed by atoms with E-state index in [-0.39, 0.29) is 17.8 Å². The van der Waals surface area contributed by atoms with Gasteiger partial charge in [-0.2, -0.15) is 0 Å². The topological polar surface area (TPSA) is 30.5 Å².